The third-order valence-electron chi connectivity index (χ3n) is 17.0. The van der Waals surface area contributed by atoms with E-state index < -0.39 is 0 Å². The molecule has 2 aliphatic carbocycles. The second-order valence-electron chi connectivity index (χ2n) is 25.4. The zero-order chi connectivity index (χ0) is 52.7. The quantitative estimate of drug-likeness (QED) is 0.136. The number of aryl methyl sites for hydroxylation is 1. The maximum Gasteiger partial charge on any atom is 0.136 e. The van der Waals surface area contributed by atoms with Crippen LogP contribution < -0.4 is 14.7 Å². The van der Waals surface area contributed by atoms with E-state index >= 15 is 0 Å². The molecule has 0 saturated carbocycles. The number of rotatable bonds is 10. The highest BCUT2D eigenvalue weighted by molar-refractivity contribution is 6.01. The van der Waals surface area contributed by atoms with Crippen LogP contribution >= 0.6 is 0 Å². The second-order valence-corrected chi connectivity index (χ2v) is 25.4. The van der Waals surface area contributed by atoms with Gasteiger partial charge in [-0.05, 0) is 196 Å². The van der Waals surface area contributed by atoms with Crippen LogP contribution in [0.15, 0.2) is 193 Å². The van der Waals surface area contributed by atoms with E-state index in [4.69, 9.17) is 4.42 Å². The predicted octanol–water partition coefficient (Wildman–Crippen LogP) is 20.8. The molecule has 0 amide bonds. The first-order valence-electron chi connectivity index (χ1n) is 27.3. The van der Waals surface area contributed by atoms with Gasteiger partial charge in [0.1, 0.15) is 11.8 Å². The summed E-state index contributed by atoms with van der Waals surface area (Å²) >= 11 is 0. The van der Waals surface area contributed by atoms with Crippen LogP contribution in [0, 0.1) is 6.92 Å². The predicted molar refractivity (Wildman–Crippen MR) is 320 cm³/mol. The number of benzene rings is 8. The van der Waals surface area contributed by atoms with Crippen LogP contribution in [0.1, 0.15) is 135 Å². The molecule has 380 valence electrons. The van der Waals surface area contributed by atoms with Crippen LogP contribution in [-0.4, -0.2) is 0 Å². The molecule has 0 spiro atoms. The monoisotopic (exact) mass is 986 g/mol. The Morgan fingerprint density at radius 2 is 0.853 bits per heavy atom. The molecule has 11 rings (SSSR count). The Morgan fingerprint density at radius 3 is 1.43 bits per heavy atom. The van der Waals surface area contributed by atoms with E-state index in [9.17, 15) is 0 Å². The highest BCUT2D eigenvalue weighted by atomic mass is 16.3. The minimum absolute atomic E-state index is 0.0126. The molecule has 8 aromatic carbocycles. The van der Waals surface area contributed by atoms with Gasteiger partial charge in [0, 0.05) is 50.8 Å². The van der Waals surface area contributed by atoms with Crippen molar-refractivity contribution in [3.8, 4) is 11.1 Å². The summed E-state index contributed by atoms with van der Waals surface area (Å²) in [4.78, 5) is 7.35. The molecule has 0 bridgehead atoms. The van der Waals surface area contributed by atoms with Gasteiger partial charge < -0.3 is 19.1 Å². The van der Waals surface area contributed by atoms with Crippen molar-refractivity contribution < 1.29 is 4.42 Å². The standard InChI is InChI=1S/C71H75N3O/c1-48-39-56(73(55-32-33-60-61(44-55)69(7,8)36-35-68(60,5)6)54-30-22-29-53(42-54)72(51-25-18-14-19-26-51)52-27-20-15-21-28-52)43-57(40-48)74(64-34-31-50(67(2,3)4)41-58(64)49-23-16-13-17-24-49)65-47-75-66-46-63-62(45-59(65)66)70(9,10)37-38-71(63,11)12/h13-34,39-47H,35-38H2,1-12H3. The first-order valence-corrected chi connectivity index (χ1v) is 27.3. The Kier molecular flexibility index (Phi) is 12.3. The van der Waals surface area contributed by atoms with E-state index in [0.717, 1.165) is 93.4 Å². The van der Waals surface area contributed by atoms with Crippen molar-refractivity contribution in [2.24, 2.45) is 0 Å². The molecule has 4 heteroatoms. The summed E-state index contributed by atoms with van der Waals surface area (Å²) in [7, 11) is 0. The first-order chi connectivity index (χ1) is 35.7. The molecule has 0 unspecified atom stereocenters. The van der Waals surface area contributed by atoms with Gasteiger partial charge in [0.25, 0.3) is 0 Å². The van der Waals surface area contributed by atoms with Crippen molar-refractivity contribution in [1.29, 1.82) is 0 Å². The Balaban J connectivity index is 1.18. The number of nitrogens with zero attached hydrogens (tertiary/aromatic N) is 3. The molecule has 2 aliphatic rings. The zero-order valence-electron chi connectivity index (χ0n) is 46.5. The van der Waals surface area contributed by atoms with Gasteiger partial charge >= 0.3 is 0 Å². The molecule has 0 radical (unpaired) electrons. The minimum Gasteiger partial charge on any atom is -0.462 e. The fourth-order valence-electron chi connectivity index (χ4n) is 12.2. The number of para-hydroxylation sites is 2. The lowest BCUT2D eigenvalue weighted by Crippen LogP contribution is -2.34. The molecule has 9 aromatic rings. The van der Waals surface area contributed by atoms with Crippen LogP contribution in [0.3, 0.4) is 0 Å². The van der Waals surface area contributed by atoms with E-state index in [0.29, 0.717) is 0 Å². The number of fused-ring (bicyclic) bond motifs is 3. The average molecular weight is 986 g/mol. The smallest absolute Gasteiger partial charge is 0.136 e. The molecule has 0 N–H and O–H groups in total. The van der Waals surface area contributed by atoms with Crippen LogP contribution in [0.25, 0.3) is 22.1 Å². The zero-order valence-corrected chi connectivity index (χ0v) is 46.5. The summed E-state index contributed by atoms with van der Waals surface area (Å²) in [5.41, 5.74) is 21.2. The van der Waals surface area contributed by atoms with Gasteiger partial charge in [-0.3, -0.25) is 0 Å². The van der Waals surface area contributed by atoms with E-state index in [1.54, 1.807) is 0 Å². The normalized spacial score (nSPS) is 16.2. The molecule has 1 aromatic heterocycles. The largest absolute Gasteiger partial charge is 0.462 e. The van der Waals surface area contributed by atoms with Gasteiger partial charge in [-0.1, -0.05) is 161 Å². The van der Waals surface area contributed by atoms with Gasteiger partial charge in [-0.25, -0.2) is 0 Å². The number of furan rings is 1. The number of hydrogen-bond donors (Lipinski definition) is 0. The molecule has 0 aliphatic heterocycles. The molecule has 0 atom stereocenters. The fourth-order valence-corrected chi connectivity index (χ4v) is 12.2. The summed E-state index contributed by atoms with van der Waals surface area (Å²) in [5.74, 6) is 0. The average Bonchev–Trinajstić information content (AvgIpc) is 3.81. The second kappa shape index (κ2) is 18.5. The third-order valence-corrected chi connectivity index (χ3v) is 17.0. The Hall–Kier alpha value is -7.30. The lowest BCUT2D eigenvalue weighted by Gasteiger charge is -2.42. The molecule has 0 fully saturated rings. The number of anilines is 9. The van der Waals surface area contributed by atoms with Crippen molar-refractivity contribution in [2.45, 2.75) is 136 Å². The van der Waals surface area contributed by atoms with Gasteiger partial charge in [0.2, 0.25) is 0 Å². The van der Waals surface area contributed by atoms with Gasteiger partial charge in [0.15, 0.2) is 0 Å². The minimum atomic E-state index is -0.0620. The topological polar surface area (TPSA) is 22.9 Å². The van der Waals surface area contributed by atoms with Crippen molar-refractivity contribution in [3.05, 3.63) is 222 Å². The summed E-state index contributed by atoms with van der Waals surface area (Å²) in [6.45, 7) is 28.5. The third kappa shape index (κ3) is 9.25. The Labute approximate surface area is 447 Å². The van der Waals surface area contributed by atoms with Crippen LogP contribution in [0.2, 0.25) is 0 Å². The maximum absolute atomic E-state index is 6.81. The first kappa shape index (κ1) is 49.9. The van der Waals surface area contributed by atoms with Crippen molar-refractivity contribution in [3.63, 3.8) is 0 Å². The molecular weight excluding hydrogens is 911 g/mol. The summed E-state index contributed by atoms with van der Waals surface area (Å²) in [6.07, 6.45) is 6.58. The summed E-state index contributed by atoms with van der Waals surface area (Å²) < 4.78 is 6.81. The van der Waals surface area contributed by atoms with Gasteiger partial charge in [0.05, 0.1) is 11.4 Å². The Morgan fingerprint density at radius 1 is 0.387 bits per heavy atom. The Bertz CT molecular complexity index is 3510. The molecule has 75 heavy (non-hydrogen) atoms. The van der Waals surface area contributed by atoms with Gasteiger partial charge in [-0.2, -0.15) is 0 Å². The summed E-state index contributed by atoms with van der Waals surface area (Å²) in [5, 5.41) is 1.12. The molecular formula is C71H75N3O. The van der Waals surface area contributed by atoms with Crippen LogP contribution in [0.4, 0.5) is 51.2 Å². The van der Waals surface area contributed by atoms with E-state index in [1.807, 2.05) is 6.26 Å². The van der Waals surface area contributed by atoms with E-state index in [-0.39, 0.29) is 27.1 Å². The maximum atomic E-state index is 6.81. The lowest BCUT2D eigenvalue weighted by molar-refractivity contribution is 0.332. The van der Waals surface area contributed by atoms with Crippen molar-refractivity contribution >= 4 is 62.2 Å². The van der Waals surface area contributed by atoms with Crippen molar-refractivity contribution in [2.75, 3.05) is 14.7 Å². The SMILES string of the molecule is Cc1cc(N(c2cccc(N(c3ccccc3)c3ccccc3)c2)c2ccc3c(c2)C(C)(C)CCC3(C)C)cc(N(c2ccc(C(C)(C)C)cc2-c2ccccc2)c2coc3cc4c(cc23)C(C)(C)CCC4(C)C)c1. The van der Waals surface area contributed by atoms with E-state index in [1.165, 1.54) is 38.9 Å². The molecule has 1 heterocycles. The highest BCUT2D eigenvalue weighted by Crippen LogP contribution is 2.53. The number of hydrogen-bond acceptors (Lipinski definition) is 4. The lowest BCUT2D eigenvalue weighted by atomic mass is 9.63. The van der Waals surface area contributed by atoms with E-state index in [2.05, 4.69) is 280 Å². The van der Waals surface area contributed by atoms with Gasteiger partial charge in [-0.15, -0.1) is 0 Å². The van der Waals surface area contributed by atoms with Crippen LogP contribution in [-0.2, 0) is 27.1 Å². The molecule has 4 nitrogen and oxygen atoms in total. The fraction of sp³-hybridized carbons (Fsp3) is 0.296. The van der Waals surface area contributed by atoms with Crippen LogP contribution in [0.5, 0.6) is 0 Å². The van der Waals surface area contributed by atoms with Crippen molar-refractivity contribution in [1.82, 2.24) is 0 Å². The molecule has 0 saturated heterocycles. The summed E-state index contributed by atoms with van der Waals surface area (Å²) in [6, 6.07) is 67.9. The highest BCUT2D eigenvalue weighted by Gasteiger charge is 2.40.